The second-order valence-corrected chi connectivity index (χ2v) is 24.3. The fraction of sp³-hybridized carbons (Fsp3) is 0.737. The van der Waals surface area contributed by atoms with Crippen molar-refractivity contribution >= 4 is 29.5 Å². The molecule has 2 spiro atoms. The standard InChI is InChI=1S/C57H76N2O12/c1-30(2)55-49(70-55)50-57(71-50)54(7)25-23-38-39(29-66-51(38)65)42(54)28-45-56(57,69-45)52(55)68-48(64)22-21-46(62)59-58-32(4)10-8-12-47(63)67-37-26-36(33(5)44(61)27-37)17-14-34-11-9-24-53(6)40(18-19-41(34)53)31(3)13-20-43(60)35-15-16-35/h13-14,17,20,30-31,35,37,40-45,49-50,52,60-61H,5,8-12,15-16,18-19,21-29H2,1-4,6-7H3,(H,59,62)/b20-13+,34-14+,36-17-,58-32+/t31-,37+,40?,41?,42-,43?,44-,45-,49-,50-,52+,53+,54-,55-,56+,57+/m0/s1. The van der Waals surface area contributed by atoms with Crippen molar-refractivity contribution in [3.63, 3.8) is 0 Å². The number of hydrogen-bond donors (Lipinski definition) is 3. The number of cyclic esters (lactones) is 1. The Labute approximate surface area is 418 Å². The highest BCUT2D eigenvalue weighted by molar-refractivity contribution is 5.92. The minimum atomic E-state index is -0.866. The lowest BCUT2D eigenvalue weighted by Crippen LogP contribution is -2.70. The second kappa shape index (κ2) is 17.9. The Morgan fingerprint density at radius 1 is 0.915 bits per heavy atom. The van der Waals surface area contributed by atoms with Gasteiger partial charge in [0.15, 0.2) is 11.7 Å². The Kier molecular flexibility index (Phi) is 12.4. The third-order valence-corrected chi connectivity index (χ3v) is 20.1. The van der Waals surface area contributed by atoms with Crippen LogP contribution in [0.15, 0.2) is 63.8 Å². The first-order valence-electron chi connectivity index (χ1n) is 27.1. The Morgan fingerprint density at radius 3 is 2.48 bits per heavy atom. The maximum absolute atomic E-state index is 13.7. The van der Waals surface area contributed by atoms with Crippen LogP contribution in [0.5, 0.6) is 0 Å². The van der Waals surface area contributed by atoms with Crippen LogP contribution in [0.4, 0.5) is 0 Å². The third kappa shape index (κ3) is 7.91. The maximum atomic E-state index is 13.7. The third-order valence-electron chi connectivity index (χ3n) is 20.1. The predicted octanol–water partition coefficient (Wildman–Crippen LogP) is 7.75. The molecule has 3 saturated heterocycles. The molecule has 0 aromatic heterocycles. The number of ether oxygens (including phenoxy) is 6. The van der Waals surface area contributed by atoms with E-state index >= 15 is 0 Å². The smallest absolute Gasteiger partial charge is 0.334 e. The molecule has 16 atom stereocenters. The minimum Gasteiger partial charge on any atom is -0.462 e. The second-order valence-electron chi connectivity index (χ2n) is 24.3. The van der Waals surface area contributed by atoms with E-state index in [1.54, 1.807) is 6.92 Å². The largest absolute Gasteiger partial charge is 0.462 e. The van der Waals surface area contributed by atoms with E-state index in [0.29, 0.717) is 80.1 Å². The number of allylic oxidation sites excluding steroid dienone is 4. The molecule has 6 saturated carbocycles. The van der Waals surface area contributed by atoms with Gasteiger partial charge in [0.05, 0.1) is 24.7 Å². The normalized spacial score (nSPS) is 43.6. The number of fused-ring (bicyclic) bond motifs is 5. The molecular weight excluding hydrogens is 905 g/mol. The molecule has 14 nitrogen and oxygen atoms in total. The molecule has 3 N–H and O–H groups in total. The average Bonchev–Trinajstić information content (AvgIpc) is 4.17. The summed E-state index contributed by atoms with van der Waals surface area (Å²) in [5, 5.41) is 25.7. The lowest BCUT2D eigenvalue weighted by molar-refractivity contribution is -0.169. The van der Waals surface area contributed by atoms with Crippen LogP contribution in [0.1, 0.15) is 151 Å². The zero-order valence-electron chi connectivity index (χ0n) is 42.7. The molecule has 0 aromatic rings. The summed E-state index contributed by atoms with van der Waals surface area (Å²) < 4.78 is 37.8. The molecule has 4 aliphatic heterocycles. The molecule has 386 valence electrons. The van der Waals surface area contributed by atoms with Gasteiger partial charge in [0.25, 0.3) is 0 Å². The van der Waals surface area contributed by atoms with Gasteiger partial charge in [-0.3, -0.25) is 14.4 Å². The number of carbonyl (C=O) groups is 4. The van der Waals surface area contributed by atoms with Crippen LogP contribution in [0, 0.1) is 46.3 Å². The summed E-state index contributed by atoms with van der Waals surface area (Å²) in [5.41, 5.74) is 5.63. The molecule has 4 heterocycles. The van der Waals surface area contributed by atoms with E-state index in [0.717, 1.165) is 55.2 Å². The Morgan fingerprint density at radius 2 is 1.70 bits per heavy atom. The van der Waals surface area contributed by atoms with Crippen molar-refractivity contribution in [2.75, 3.05) is 6.61 Å². The fourth-order valence-corrected chi connectivity index (χ4v) is 15.9. The number of epoxide rings is 3. The van der Waals surface area contributed by atoms with Gasteiger partial charge in [0.2, 0.25) is 5.91 Å². The van der Waals surface area contributed by atoms with Crippen LogP contribution in [0.2, 0.25) is 0 Å². The van der Waals surface area contributed by atoms with Crippen molar-refractivity contribution in [3.05, 3.63) is 58.7 Å². The van der Waals surface area contributed by atoms with Crippen molar-refractivity contribution in [2.45, 2.75) is 210 Å². The molecule has 1 amide bonds. The highest BCUT2D eigenvalue weighted by Crippen LogP contribution is 2.83. The van der Waals surface area contributed by atoms with Gasteiger partial charge in [-0.05, 0) is 142 Å². The van der Waals surface area contributed by atoms with Crippen LogP contribution in [-0.4, -0.2) is 106 Å². The van der Waals surface area contributed by atoms with Crippen LogP contribution in [0.25, 0.3) is 0 Å². The Hall–Kier alpha value is -3.95. The summed E-state index contributed by atoms with van der Waals surface area (Å²) in [7, 11) is 0. The average molecular weight is 981 g/mol. The maximum Gasteiger partial charge on any atom is 0.334 e. The Balaban J connectivity index is 0.638. The van der Waals surface area contributed by atoms with Gasteiger partial charge in [-0.15, -0.1) is 0 Å². The number of nitrogens with one attached hydrogen (secondary N) is 1. The van der Waals surface area contributed by atoms with Gasteiger partial charge in [-0.1, -0.05) is 71.1 Å². The number of amides is 1. The summed E-state index contributed by atoms with van der Waals surface area (Å²) in [5.74, 6) is 0.492. The number of rotatable bonds is 16. The molecule has 11 aliphatic rings. The zero-order chi connectivity index (χ0) is 50.0. The summed E-state index contributed by atoms with van der Waals surface area (Å²) >= 11 is 0. The van der Waals surface area contributed by atoms with Gasteiger partial charge in [-0.25, -0.2) is 10.2 Å². The van der Waals surface area contributed by atoms with Gasteiger partial charge in [-0.2, -0.15) is 5.10 Å². The minimum absolute atomic E-state index is 0.0146. The molecular formula is C57H76N2O12. The molecule has 7 aliphatic carbocycles. The van der Waals surface area contributed by atoms with Gasteiger partial charge >= 0.3 is 17.9 Å². The van der Waals surface area contributed by atoms with Crippen molar-refractivity contribution in [2.24, 2.45) is 51.4 Å². The van der Waals surface area contributed by atoms with Gasteiger partial charge < -0.3 is 38.6 Å². The summed E-state index contributed by atoms with van der Waals surface area (Å²) in [6, 6.07) is 0. The highest BCUT2D eigenvalue weighted by Gasteiger charge is 3.01. The first kappa shape index (κ1) is 49.3. The summed E-state index contributed by atoms with van der Waals surface area (Å²) in [6.45, 7) is 17.5. The predicted molar refractivity (Wildman–Crippen MR) is 261 cm³/mol. The van der Waals surface area contributed by atoms with E-state index in [1.807, 2.05) is 6.08 Å². The number of aliphatic hydroxyl groups excluding tert-OH is 2. The zero-order valence-corrected chi connectivity index (χ0v) is 42.7. The van der Waals surface area contributed by atoms with E-state index in [9.17, 15) is 29.4 Å². The highest BCUT2D eigenvalue weighted by atomic mass is 16.8. The number of hydrogen-bond acceptors (Lipinski definition) is 13. The number of carbonyl (C=O) groups excluding carboxylic acids is 4. The van der Waals surface area contributed by atoms with E-state index < -0.39 is 47.0 Å². The van der Waals surface area contributed by atoms with Crippen LogP contribution in [0.3, 0.4) is 0 Å². The molecule has 3 unspecified atom stereocenters. The monoisotopic (exact) mass is 981 g/mol. The molecule has 11 rings (SSSR count). The van der Waals surface area contributed by atoms with E-state index in [2.05, 4.69) is 70.0 Å². The molecule has 14 heteroatoms. The Bertz CT molecular complexity index is 2420. The lowest BCUT2D eigenvalue weighted by Gasteiger charge is -2.53. The fourth-order valence-electron chi connectivity index (χ4n) is 15.9. The first-order valence-corrected chi connectivity index (χ1v) is 27.1. The molecule has 71 heavy (non-hydrogen) atoms. The van der Waals surface area contributed by atoms with Crippen molar-refractivity contribution in [1.82, 2.24) is 5.43 Å². The van der Waals surface area contributed by atoms with E-state index in [-0.39, 0.29) is 78.3 Å². The topological polar surface area (TPSA) is 198 Å². The molecule has 0 bridgehead atoms. The van der Waals surface area contributed by atoms with Gasteiger partial charge in [0, 0.05) is 42.4 Å². The SMILES string of the molecule is C=C1/C(=C\C=C2/CCC[C@@]3(C)C2CCC3[C@@H](C)/C=C/C(O)C2CC2)C[C@@H](OC(=O)CCC/C(C)=N/NC(=O)CCC(=O)O[C@@H]2[C@@]3(C(C)C)O[C@H]3[C@@H]3O[C@]34[C@]23O[C@H]3C[C@H]2C3=C(CC[C@@]24C)C(=O)OC3)C[C@@H]1O. The molecule has 0 aromatic carbocycles. The van der Waals surface area contributed by atoms with Crippen molar-refractivity contribution in [3.8, 4) is 0 Å². The van der Waals surface area contributed by atoms with Crippen LogP contribution in [-0.2, 0) is 47.6 Å². The van der Waals surface area contributed by atoms with Crippen LogP contribution >= 0.6 is 0 Å². The number of nitrogens with zero attached hydrogens (tertiary/aromatic N) is 1. The van der Waals surface area contributed by atoms with E-state index in [1.165, 1.54) is 18.4 Å². The van der Waals surface area contributed by atoms with Gasteiger partial charge in [0.1, 0.15) is 36.1 Å². The number of aliphatic hydroxyl groups is 2. The number of hydrazone groups is 1. The molecule has 9 fully saturated rings. The summed E-state index contributed by atoms with van der Waals surface area (Å²) in [6.07, 6.45) is 17.4. The molecule has 0 radical (unpaired) electrons. The van der Waals surface area contributed by atoms with Crippen LogP contribution < -0.4 is 5.43 Å². The van der Waals surface area contributed by atoms with Crippen molar-refractivity contribution in [1.29, 1.82) is 0 Å². The lowest BCUT2D eigenvalue weighted by atomic mass is 9.46. The number of esters is 3. The quantitative estimate of drug-likeness (QED) is 0.0340. The summed E-state index contributed by atoms with van der Waals surface area (Å²) in [4.78, 5) is 52.3. The van der Waals surface area contributed by atoms with Crippen molar-refractivity contribution < 1.29 is 57.8 Å². The van der Waals surface area contributed by atoms with E-state index in [4.69, 9.17) is 28.4 Å². The first-order chi connectivity index (χ1) is 33.9.